The number of nitrogens with two attached hydrogens (primary N) is 1. The van der Waals surface area contributed by atoms with Gasteiger partial charge < -0.3 is 26.0 Å². The van der Waals surface area contributed by atoms with Crippen LogP contribution in [0.25, 0.3) is 0 Å². The van der Waals surface area contributed by atoms with E-state index in [0.29, 0.717) is 36.0 Å². The van der Waals surface area contributed by atoms with Crippen molar-refractivity contribution in [2.45, 2.75) is 69.1 Å². The first-order valence-corrected chi connectivity index (χ1v) is 11.6. The van der Waals surface area contributed by atoms with Crippen molar-refractivity contribution in [1.82, 2.24) is 10.2 Å². The van der Waals surface area contributed by atoms with Crippen LogP contribution in [0, 0.1) is 11.8 Å². The number of aromatic hydroxyl groups is 1. The van der Waals surface area contributed by atoms with E-state index in [1.54, 1.807) is 6.07 Å². The van der Waals surface area contributed by atoms with E-state index < -0.39 is 16.9 Å². The van der Waals surface area contributed by atoms with Gasteiger partial charge in [0.2, 0.25) is 5.91 Å². The Balaban J connectivity index is 1.55. The summed E-state index contributed by atoms with van der Waals surface area (Å²) in [7, 11) is 0. The second-order valence-electron chi connectivity index (χ2n) is 10.5. The fourth-order valence-corrected chi connectivity index (χ4v) is 6.75. The Morgan fingerprint density at radius 2 is 2.16 bits per heavy atom. The van der Waals surface area contributed by atoms with E-state index in [2.05, 4.69) is 10.2 Å². The quantitative estimate of drug-likeness (QED) is 0.582. The van der Waals surface area contributed by atoms with Crippen LogP contribution < -0.4 is 15.8 Å². The van der Waals surface area contributed by atoms with Gasteiger partial charge in [0.05, 0.1) is 22.6 Å². The van der Waals surface area contributed by atoms with E-state index in [9.17, 15) is 15.0 Å². The largest absolute Gasteiger partial charge is 0.504 e. The zero-order valence-electron chi connectivity index (χ0n) is 18.1. The smallest absolute Gasteiger partial charge is 0.229 e. The van der Waals surface area contributed by atoms with Crippen molar-refractivity contribution < 1.29 is 19.7 Å². The van der Waals surface area contributed by atoms with Gasteiger partial charge in [-0.15, -0.1) is 0 Å². The minimum Gasteiger partial charge on any atom is -0.504 e. The molecule has 1 aromatic carbocycles. The zero-order chi connectivity index (χ0) is 21.7. The van der Waals surface area contributed by atoms with Crippen LogP contribution in [0.3, 0.4) is 0 Å². The highest BCUT2D eigenvalue weighted by Gasteiger charge is 2.72. The molecule has 5 N–H and O–H groups in total. The molecule has 6 rings (SSSR count). The zero-order valence-corrected chi connectivity index (χ0v) is 18.1. The van der Waals surface area contributed by atoms with E-state index in [0.717, 1.165) is 24.2 Å². The number of ether oxygens (including phenoxy) is 1. The van der Waals surface area contributed by atoms with Gasteiger partial charge in [0.25, 0.3) is 0 Å². The van der Waals surface area contributed by atoms with Gasteiger partial charge in [-0.3, -0.25) is 9.69 Å². The number of nitrogens with zero attached hydrogens (tertiary/aromatic N) is 1. The number of likely N-dealkylation sites (tertiary alicyclic amines) is 1. The number of rotatable bonds is 4. The number of amides is 1. The van der Waals surface area contributed by atoms with Crippen molar-refractivity contribution >= 4 is 5.91 Å². The summed E-state index contributed by atoms with van der Waals surface area (Å²) in [5.74, 6) is 0.832. The summed E-state index contributed by atoms with van der Waals surface area (Å²) >= 11 is 0. The third-order valence-electron chi connectivity index (χ3n) is 8.25. The van der Waals surface area contributed by atoms with E-state index in [4.69, 9.17) is 10.5 Å². The Bertz CT molecular complexity index is 1020. The molecular weight excluding hydrogens is 394 g/mol. The summed E-state index contributed by atoms with van der Waals surface area (Å²) < 4.78 is 6.25. The third kappa shape index (κ3) is 2.39. The fraction of sp³-hybridized carbons (Fsp3) is 0.625. The number of phenols is 1. The second kappa shape index (κ2) is 6.17. The molecule has 0 aromatic heterocycles. The third-order valence-corrected chi connectivity index (χ3v) is 8.25. The maximum Gasteiger partial charge on any atom is 0.229 e. The Morgan fingerprint density at radius 3 is 2.87 bits per heavy atom. The number of hydrogen-bond acceptors (Lipinski definition) is 6. The second-order valence-corrected chi connectivity index (χ2v) is 10.5. The predicted octanol–water partition coefficient (Wildman–Crippen LogP) is 1.51. The molecule has 2 aliphatic heterocycles. The van der Waals surface area contributed by atoms with E-state index in [-0.39, 0.29) is 30.2 Å². The SMILES string of the molecule is CC(C)NC(=O)C1C[C@@]2(O)[C@H]3Cc4ccc(O)c5c4[C@@]2(CCN3CC2CC2)C(=C1N)O5. The average molecular weight is 426 g/mol. The highest BCUT2D eigenvalue weighted by Crippen LogP contribution is 2.67. The number of aliphatic hydroxyl groups is 1. The first kappa shape index (κ1) is 19.4. The summed E-state index contributed by atoms with van der Waals surface area (Å²) in [5, 5.41) is 26.1. The molecule has 4 atom stereocenters. The predicted molar refractivity (Wildman–Crippen MR) is 114 cm³/mol. The van der Waals surface area contributed by atoms with Crippen molar-refractivity contribution in [2.24, 2.45) is 17.6 Å². The van der Waals surface area contributed by atoms with Gasteiger partial charge in [0, 0.05) is 24.2 Å². The molecule has 166 valence electrons. The van der Waals surface area contributed by atoms with Gasteiger partial charge in [-0.05, 0) is 70.0 Å². The maximum atomic E-state index is 13.1. The Kier molecular flexibility index (Phi) is 3.87. The minimum atomic E-state index is -1.18. The molecule has 1 spiro atoms. The molecule has 7 heteroatoms. The topological polar surface area (TPSA) is 108 Å². The van der Waals surface area contributed by atoms with Crippen molar-refractivity contribution in [3.05, 3.63) is 34.7 Å². The molecular formula is C24H31N3O4. The lowest BCUT2D eigenvalue weighted by Crippen LogP contribution is -2.74. The molecule has 2 heterocycles. The summed E-state index contributed by atoms with van der Waals surface area (Å²) in [6.07, 6.45) is 4.13. The van der Waals surface area contributed by atoms with E-state index in [1.807, 2.05) is 19.9 Å². The van der Waals surface area contributed by atoms with Crippen LogP contribution in [0.4, 0.5) is 0 Å². The summed E-state index contributed by atoms with van der Waals surface area (Å²) in [6.45, 7) is 5.67. The molecule has 1 saturated heterocycles. The van der Waals surface area contributed by atoms with Crippen LogP contribution in [0.5, 0.6) is 11.5 Å². The first-order chi connectivity index (χ1) is 14.8. The van der Waals surface area contributed by atoms with Crippen molar-refractivity contribution in [1.29, 1.82) is 0 Å². The number of nitrogens with one attached hydrogen (secondary N) is 1. The molecule has 1 aromatic rings. The van der Waals surface area contributed by atoms with Gasteiger partial charge in [0.1, 0.15) is 5.76 Å². The van der Waals surface area contributed by atoms with Crippen molar-refractivity contribution in [3.8, 4) is 11.5 Å². The summed E-state index contributed by atoms with van der Waals surface area (Å²) in [5.41, 5.74) is 7.02. The average Bonchev–Trinajstić information content (AvgIpc) is 3.44. The Labute approximate surface area is 182 Å². The number of carbonyl (C=O) groups excluding carboxylic acids is 1. The van der Waals surface area contributed by atoms with Gasteiger partial charge in [-0.1, -0.05) is 6.07 Å². The van der Waals surface area contributed by atoms with Crippen LogP contribution in [-0.4, -0.2) is 51.8 Å². The molecule has 1 saturated carbocycles. The number of carbonyl (C=O) groups is 1. The Morgan fingerprint density at radius 1 is 1.39 bits per heavy atom. The highest BCUT2D eigenvalue weighted by molar-refractivity contribution is 5.83. The monoisotopic (exact) mass is 425 g/mol. The molecule has 3 aliphatic carbocycles. The molecule has 31 heavy (non-hydrogen) atoms. The van der Waals surface area contributed by atoms with E-state index >= 15 is 0 Å². The van der Waals surface area contributed by atoms with Crippen LogP contribution in [0.1, 0.15) is 50.7 Å². The number of phenolic OH excluding ortho intramolecular Hbond substituents is 1. The molecule has 1 unspecified atom stereocenters. The fourth-order valence-electron chi connectivity index (χ4n) is 6.75. The standard InChI is InChI=1S/C24H31N3O4/c1-12(2)26-22(29)15-10-24(30)17-9-14-5-6-16(28)20-18(14)23(24,21(31-20)19(15)25)7-8-27(17)11-13-3-4-13/h5-6,12-13,15,17,28,30H,3-4,7-11,25H2,1-2H3,(H,26,29)/t15?,17-,23+,24-/m1/s1. The molecule has 7 nitrogen and oxygen atoms in total. The molecule has 2 fully saturated rings. The normalized spacial score (nSPS) is 35.7. The van der Waals surface area contributed by atoms with Gasteiger partial charge >= 0.3 is 0 Å². The molecule has 2 bridgehead atoms. The molecule has 5 aliphatic rings. The Hall–Kier alpha value is -2.25. The van der Waals surface area contributed by atoms with Gasteiger partial charge in [0.15, 0.2) is 11.5 Å². The lowest BCUT2D eigenvalue weighted by Gasteiger charge is -2.62. The first-order valence-electron chi connectivity index (χ1n) is 11.6. The highest BCUT2D eigenvalue weighted by atomic mass is 16.5. The van der Waals surface area contributed by atoms with Crippen molar-refractivity contribution in [2.75, 3.05) is 13.1 Å². The van der Waals surface area contributed by atoms with Gasteiger partial charge in [-0.25, -0.2) is 0 Å². The lowest BCUT2D eigenvalue weighted by molar-refractivity contribution is -0.160. The number of benzene rings is 1. The van der Waals surface area contributed by atoms with Crippen LogP contribution >= 0.6 is 0 Å². The van der Waals surface area contributed by atoms with Crippen LogP contribution in [0.15, 0.2) is 23.6 Å². The molecule has 1 amide bonds. The summed E-state index contributed by atoms with van der Waals surface area (Å²) in [4.78, 5) is 15.5. The minimum absolute atomic E-state index is 0.0228. The lowest BCUT2D eigenvalue weighted by atomic mass is 9.49. The van der Waals surface area contributed by atoms with Crippen LogP contribution in [-0.2, 0) is 16.6 Å². The summed E-state index contributed by atoms with van der Waals surface area (Å²) in [6, 6.07) is 3.51. The van der Waals surface area contributed by atoms with E-state index in [1.165, 1.54) is 12.8 Å². The van der Waals surface area contributed by atoms with Crippen molar-refractivity contribution in [3.63, 3.8) is 0 Å². The molecule has 0 radical (unpaired) electrons. The van der Waals surface area contributed by atoms with Crippen LogP contribution in [0.2, 0.25) is 0 Å². The maximum absolute atomic E-state index is 13.1. The number of piperidine rings is 1. The number of hydrogen-bond donors (Lipinski definition) is 4. The van der Waals surface area contributed by atoms with Gasteiger partial charge in [-0.2, -0.15) is 0 Å².